The van der Waals surface area contributed by atoms with E-state index in [1.54, 1.807) is 0 Å². The van der Waals surface area contributed by atoms with E-state index in [4.69, 9.17) is 10.6 Å². The van der Waals surface area contributed by atoms with E-state index in [-0.39, 0.29) is 5.91 Å². The molecule has 96 valence electrons. The van der Waals surface area contributed by atoms with Crippen LogP contribution in [0.5, 0.6) is 0 Å². The van der Waals surface area contributed by atoms with Crippen molar-refractivity contribution in [3.63, 3.8) is 0 Å². The van der Waals surface area contributed by atoms with E-state index < -0.39 is 0 Å². The van der Waals surface area contributed by atoms with Gasteiger partial charge in [-0.25, -0.2) is 5.84 Å². The minimum atomic E-state index is -0.0888. The van der Waals surface area contributed by atoms with Gasteiger partial charge in [0.15, 0.2) is 0 Å². The van der Waals surface area contributed by atoms with Crippen molar-refractivity contribution < 1.29 is 9.53 Å². The fraction of sp³-hybridized carbons (Fsp3) is 0.917. The molecule has 16 heavy (non-hydrogen) atoms. The van der Waals surface area contributed by atoms with Gasteiger partial charge in [0.25, 0.3) is 0 Å². The number of unbranched alkanes of at least 4 members (excludes halogenated alkanes) is 2. The number of hydrogen-bond acceptors (Lipinski definition) is 3. The van der Waals surface area contributed by atoms with Gasteiger partial charge in [-0.05, 0) is 32.1 Å². The molecule has 0 aromatic carbocycles. The Morgan fingerprint density at radius 1 is 1.25 bits per heavy atom. The molecule has 0 bridgehead atoms. The molecule has 0 spiro atoms. The first kappa shape index (κ1) is 15.4. The number of ether oxygens (including phenoxy) is 1. The van der Waals surface area contributed by atoms with E-state index in [2.05, 4.69) is 26.2 Å². The molecule has 4 nitrogen and oxygen atoms in total. The van der Waals surface area contributed by atoms with Gasteiger partial charge in [-0.15, -0.1) is 0 Å². The van der Waals surface area contributed by atoms with Crippen molar-refractivity contribution in [1.29, 1.82) is 0 Å². The van der Waals surface area contributed by atoms with Crippen LogP contribution in [0.15, 0.2) is 0 Å². The number of nitrogens with two attached hydrogens (primary N) is 1. The Labute approximate surface area is 98.9 Å². The zero-order chi connectivity index (χ0) is 12.4. The average molecular weight is 230 g/mol. The van der Waals surface area contributed by atoms with Crippen molar-refractivity contribution in [3.8, 4) is 0 Å². The van der Waals surface area contributed by atoms with Crippen molar-refractivity contribution >= 4 is 5.91 Å². The number of nitrogens with one attached hydrogen (secondary N) is 1. The highest BCUT2D eigenvalue weighted by Gasteiger charge is 2.04. The molecule has 0 aliphatic carbocycles. The summed E-state index contributed by atoms with van der Waals surface area (Å²) in [5.41, 5.74) is 2.13. The van der Waals surface area contributed by atoms with Gasteiger partial charge in [-0.3, -0.25) is 10.2 Å². The summed E-state index contributed by atoms with van der Waals surface area (Å²) in [5.74, 6) is 5.57. The normalized spacial score (nSPS) is 12.8. The van der Waals surface area contributed by atoms with Gasteiger partial charge in [-0.2, -0.15) is 0 Å². The Balaban J connectivity index is 3.23. The molecular formula is C12H26N2O2. The summed E-state index contributed by atoms with van der Waals surface area (Å²) < 4.78 is 5.66. The SMILES string of the molecule is CC(C)CC(C)OCCCCCC(=O)NN. The van der Waals surface area contributed by atoms with Crippen LogP contribution in [0.1, 0.15) is 52.9 Å². The standard InChI is InChI=1S/C12H26N2O2/c1-10(2)9-11(3)16-8-6-4-5-7-12(15)14-13/h10-11H,4-9,13H2,1-3H3,(H,14,15). The fourth-order valence-corrected chi connectivity index (χ4v) is 1.65. The van der Waals surface area contributed by atoms with Gasteiger partial charge in [0.1, 0.15) is 0 Å². The van der Waals surface area contributed by atoms with Crippen LogP contribution in [-0.4, -0.2) is 18.6 Å². The summed E-state index contributed by atoms with van der Waals surface area (Å²) in [6, 6.07) is 0. The van der Waals surface area contributed by atoms with Crippen LogP contribution in [0.2, 0.25) is 0 Å². The maximum Gasteiger partial charge on any atom is 0.233 e. The van der Waals surface area contributed by atoms with E-state index in [1.807, 2.05) is 0 Å². The highest BCUT2D eigenvalue weighted by Crippen LogP contribution is 2.08. The van der Waals surface area contributed by atoms with E-state index in [0.29, 0.717) is 18.4 Å². The molecule has 0 rings (SSSR count). The first-order chi connectivity index (χ1) is 7.56. The Morgan fingerprint density at radius 3 is 2.50 bits per heavy atom. The van der Waals surface area contributed by atoms with Crippen LogP contribution in [0.25, 0.3) is 0 Å². The van der Waals surface area contributed by atoms with Gasteiger partial charge in [0.05, 0.1) is 6.10 Å². The predicted molar refractivity (Wildman–Crippen MR) is 65.7 cm³/mol. The van der Waals surface area contributed by atoms with Gasteiger partial charge < -0.3 is 4.74 Å². The molecule has 0 radical (unpaired) electrons. The highest BCUT2D eigenvalue weighted by molar-refractivity contribution is 5.74. The summed E-state index contributed by atoms with van der Waals surface area (Å²) in [6.07, 6.45) is 4.87. The van der Waals surface area contributed by atoms with Crippen LogP contribution in [0.3, 0.4) is 0 Å². The van der Waals surface area contributed by atoms with Gasteiger partial charge in [-0.1, -0.05) is 20.3 Å². The minimum absolute atomic E-state index is 0.0888. The van der Waals surface area contributed by atoms with Crippen LogP contribution in [0.4, 0.5) is 0 Å². The molecule has 1 amide bonds. The monoisotopic (exact) mass is 230 g/mol. The maximum atomic E-state index is 10.8. The topological polar surface area (TPSA) is 64.3 Å². The molecule has 0 fully saturated rings. The molecule has 0 saturated heterocycles. The lowest BCUT2D eigenvalue weighted by molar-refractivity contribution is -0.121. The van der Waals surface area contributed by atoms with Crippen molar-refractivity contribution in [2.45, 2.75) is 59.0 Å². The van der Waals surface area contributed by atoms with E-state index in [0.717, 1.165) is 32.3 Å². The first-order valence-corrected chi connectivity index (χ1v) is 6.17. The predicted octanol–water partition coefficient (Wildman–Crippen LogP) is 1.99. The Morgan fingerprint density at radius 2 is 1.94 bits per heavy atom. The van der Waals surface area contributed by atoms with Crippen LogP contribution in [0, 0.1) is 5.92 Å². The van der Waals surface area contributed by atoms with Gasteiger partial charge >= 0.3 is 0 Å². The third kappa shape index (κ3) is 9.93. The third-order valence-corrected chi connectivity index (χ3v) is 2.41. The molecule has 3 N–H and O–H groups in total. The molecule has 1 unspecified atom stereocenters. The number of hydrazine groups is 1. The van der Waals surface area contributed by atoms with E-state index in [9.17, 15) is 4.79 Å². The Hall–Kier alpha value is -0.610. The molecule has 0 aliphatic rings. The summed E-state index contributed by atoms with van der Waals surface area (Å²) in [7, 11) is 0. The summed E-state index contributed by atoms with van der Waals surface area (Å²) >= 11 is 0. The van der Waals surface area contributed by atoms with Crippen molar-refractivity contribution in [3.05, 3.63) is 0 Å². The minimum Gasteiger partial charge on any atom is -0.379 e. The first-order valence-electron chi connectivity index (χ1n) is 6.17. The summed E-state index contributed by atoms with van der Waals surface area (Å²) in [4.78, 5) is 10.8. The molecule has 0 aromatic heterocycles. The summed E-state index contributed by atoms with van der Waals surface area (Å²) in [5, 5.41) is 0. The number of carbonyl (C=O) groups excluding carboxylic acids is 1. The smallest absolute Gasteiger partial charge is 0.233 e. The van der Waals surface area contributed by atoms with Gasteiger partial charge in [0.2, 0.25) is 5.91 Å². The molecule has 0 aliphatic heterocycles. The van der Waals surface area contributed by atoms with Crippen molar-refractivity contribution in [1.82, 2.24) is 5.43 Å². The Bertz CT molecular complexity index is 184. The average Bonchev–Trinajstić information content (AvgIpc) is 2.21. The molecule has 4 heteroatoms. The van der Waals surface area contributed by atoms with Gasteiger partial charge in [0, 0.05) is 13.0 Å². The largest absolute Gasteiger partial charge is 0.379 e. The zero-order valence-corrected chi connectivity index (χ0v) is 10.8. The third-order valence-electron chi connectivity index (χ3n) is 2.41. The lowest BCUT2D eigenvalue weighted by atomic mass is 10.1. The molecular weight excluding hydrogens is 204 g/mol. The van der Waals surface area contributed by atoms with E-state index >= 15 is 0 Å². The van der Waals surface area contributed by atoms with Crippen molar-refractivity contribution in [2.75, 3.05) is 6.61 Å². The number of amides is 1. The van der Waals surface area contributed by atoms with Crippen LogP contribution >= 0.6 is 0 Å². The second kappa shape index (κ2) is 9.60. The number of rotatable bonds is 9. The van der Waals surface area contributed by atoms with Crippen LogP contribution in [-0.2, 0) is 9.53 Å². The lowest BCUT2D eigenvalue weighted by Gasteiger charge is -2.14. The van der Waals surface area contributed by atoms with Crippen LogP contribution < -0.4 is 11.3 Å². The summed E-state index contributed by atoms with van der Waals surface area (Å²) in [6.45, 7) is 7.30. The quantitative estimate of drug-likeness (QED) is 0.275. The molecule has 1 atom stereocenters. The highest BCUT2D eigenvalue weighted by atomic mass is 16.5. The Kier molecular flexibility index (Phi) is 9.24. The fourth-order valence-electron chi connectivity index (χ4n) is 1.65. The maximum absolute atomic E-state index is 10.8. The second-order valence-electron chi connectivity index (χ2n) is 4.69. The molecule has 0 aromatic rings. The number of carbonyl (C=O) groups is 1. The molecule has 0 heterocycles. The molecule has 0 saturated carbocycles. The lowest BCUT2D eigenvalue weighted by Crippen LogP contribution is -2.29. The van der Waals surface area contributed by atoms with E-state index in [1.165, 1.54) is 0 Å². The number of hydrogen-bond donors (Lipinski definition) is 2. The zero-order valence-electron chi connectivity index (χ0n) is 10.8. The van der Waals surface area contributed by atoms with Crippen molar-refractivity contribution in [2.24, 2.45) is 11.8 Å². The second-order valence-corrected chi connectivity index (χ2v) is 4.69.